The van der Waals surface area contributed by atoms with Crippen molar-refractivity contribution in [3.8, 4) is 0 Å². The molecule has 1 amide bonds. The van der Waals surface area contributed by atoms with Crippen molar-refractivity contribution in [3.63, 3.8) is 0 Å². The molecular weight excluding hydrogens is 324 g/mol. The maximum Gasteiger partial charge on any atom is 0.219 e. The van der Waals surface area contributed by atoms with E-state index < -0.39 is 6.10 Å². The minimum absolute atomic E-state index is 0.117. The monoisotopic (exact) mass is 348 g/mol. The van der Waals surface area contributed by atoms with E-state index in [0.29, 0.717) is 29.2 Å². The number of aliphatic hydroxyl groups is 1. The Bertz CT molecular complexity index is 725. The number of aromatic nitrogens is 4. The largest absolute Gasteiger partial charge is 0.390 e. The maximum absolute atomic E-state index is 11.4. The van der Waals surface area contributed by atoms with Gasteiger partial charge >= 0.3 is 0 Å². The Morgan fingerprint density at radius 1 is 1.44 bits per heavy atom. The predicted molar refractivity (Wildman–Crippen MR) is 94.1 cm³/mol. The molecule has 1 fully saturated rings. The molecule has 1 aliphatic heterocycles. The van der Waals surface area contributed by atoms with E-state index in [4.69, 9.17) is 5.73 Å². The van der Waals surface area contributed by atoms with Crippen molar-refractivity contribution in [2.75, 3.05) is 36.8 Å². The number of aliphatic hydroxyl groups excluding tert-OH is 1. The molecule has 0 bridgehead atoms. The molecule has 1 atom stereocenters. The molecule has 3 heterocycles. The first-order valence-corrected chi connectivity index (χ1v) is 8.41. The van der Waals surface area contributed by atoms with Crippen molar-refractivity contribution in [3.05, 3.63) is 6.33 Å². The van der Waals surface area contributed by atoms with Crippen LogP contribution >= 0.6 is 0 Å². The number of carbonyl (C=O) groups is 1. The second-order valence-electron chi connectivity index (χ2n) is 6.21. The number of piperidine rings is 1. The zero-order valence-electron chi connectivity index (χ0n) is 14.2. The predicted octanol–water partition coefficient (Wildman–Crippen LogP) is -0.493. The van der Waals surface area contributed by atoms with E-state index >= 15 is 0 Å². The number of nitrogens with two attached hydrogens (primary N) is 1. The molecule has 0 aliphatic carbocycles. The van der Waals surface area contributed by atoms with Gasteiger partial charge < -0.3 is 26.4 Å². The van der Waals surface area contributed by atoms with Crippen molar-refractivity contribution in [2.24, 2.45) is 5.73 Å². The summed E-state index contributed by atoms with van der Waals surface area (Å²) in [6.45, 7) is 3.56. The highest BCUT2D eigenvalue weighted by molar-refractivity contribution is 5.92. The number of H-pyrrole nitrogens is 1. The van der Waals surface area contributed by atoms with Crippen LogP contribution in [-0.2, 0) is 4.79 Å². The Morgan fingerprint density at radius 3 is 2.88 bits per heavy atom. The number of amides is 1. The van der Waals surface area contributed by atoms with Crippen LogP contribution < -0.4 is 16.4 Å². The molecule has 1 aliphatic rings. The molecule has 2 aromatic heterocycles. The van der Waals surface area contributed by atoms with Gasteiger partial charge in [0.25, 0.3) is 0 Å². The van der Waals surface area contributed by atoms with Crippen LogP contribution in [0.1, 0.15) is 19.8 Å². The minimum Gasteiger partial charge on any atom is -0.390 e. The summed E-state index contributed by atoms with van der Waals surface area (Å²) in [7, 11) is 0. The summed E-state index contributed by atoms with van der Waals surface area (Å²) >= 11 is 0. The SMILES string of the molecule is CC(=O)N1CCC(Nc2ncnc3c(NCC(O)CN)n[nH]c23)CC1. The lowest BCUT2D eigenvalue weighted by atomic mass is 10.1. The van der Waals surface area contributed by atoms with Gasteiger partial charge in [0.05, 0.1) is 6.10 Å². The van der Waals surface area contributed by atoms with Crippen molar-refractivity contribution >= 4 is 28.6 Å². The van der Waals surface area contributed by atoms with Crippen LogP contribution in [0.25, 0.3) is 11.0 Å². The van der Waals surface area contributed by atoms with Crippen molar-refractivity contribution in [1.82, 2.24) is 25.1 Å². The fourth-order valence-corrected chi connectivity index (χ4v) is 2.90. The van der Waals surface area contributed by atoms with E-state index in [2.05, 4.69) is 30.8 Å². The number of hydrogen-bond donors (Lipinski definition) is 5. The van der Waals surface area contributed by atoms with E-state index in [9.17, 15) is 9.90 Å². The van der Waals surface area contributed by atoms with Crippen LogP contribution in [0.2, 0.25) is 0 Å². The van der Waals surface area contributed by atoms with Gasteiger partial charge in [0.15, 0.2) is 11.6 Å². The molecule has 10 nitrogen and oxygen atoms in total. The van der Waals surface area contributed by atoms with Crippen LogP contribution in [0.15, 0.2) is 6.33 Å². The summed E-state index contributed by atoms with van der Waals surface area (Å²) < 4.78 is 0. The lowest BCUT2D eigenvalue weighted by molar-refractivity contribution is -0.129. The first-order chi connectivity index (χ1) is 12.1. The summed E-state index contributed by atoms with van der Waals surface area (Å²) in [6, 6.07) is 0.243. The summed E-state index contributed by atoms with van der Waals surface area (Å²) in [4.78, 5) is 21.8. The second-order valence-corrected chi connectivity index (χ2v) is 6.21. The highest BCUT2D eigenvalue weighted by Gasteiger charge is 2.22. The van der Waals surface area contributed by atoms with E-state index in [1.807, 2.05) is 4.90 Å². The fraction of sp³-hybridized carbons (Fsp3) is 0.600. The average Bonchev–Trinajstić information content (AvgIpc) is 3.04. The number of nitrogens with one attached hydrogen (secondary N) is 3. The topological polar surface area (TPSA) is 145 Å². The number of fused-ring (bicyclic) bond motifs is 1. The number of rotatable bonds is 6. The average molecular weight is 348 g/mol. The van der Waals surface area contributed by atoms with Gasteiger partial charge in [0.1, 0.15) is 17.4 Å². The first kappa shape index (κ1) is 17.4. The maximum atomic E-state index is 11.4. The molecule has 0 aromatic carbocycles. The normalized spacial score (nSPS) is 16.8. The number of likely N-dealkylation sites (tertiary alicyclic amines) is 1. The van der Waals surface area contributed by atoms with Gasteiger partial charge in [-0.1, -0.05) is 0 Å². The van der Waals surface area contributed by atoms with E-state index in [0.717, 1.165) is 25.9 Å². The Balaban J connectivity index is 1.68. The molecule has 1 saturated heterocycles. The molecule has 0 radical (unpaired) electrons. The number of aromatic amines is 1. The van der Waals surface area contributed by atoms with Crippen molar-refractivity contribution in [1.29, 1.82) is 0 Å². The van der Waals surface area contributed by atoms with E-state index in [1.54, 1.807) is 6.92 Å². The van der Waals surface area contributed by atoms with Crippen molar-refractivity contribution < 1.29 is 9.90 Å². The van der Waals surface area contributed by atoms with Crippen LogP contribution in [0.4, 0.5) is 11.6 Å². The highest BCUT2D eigenvalue weighted by atomic mass is 16.3. The third-order valence-corrected chi connectivity index (χ3v) is 4.41. The smallest absolute Gasteiger partial charge is 0.219 e. The lowest BCUT2D eigenvalue weighted by Gasteiger charge is -2.31. The van der Waals surface area contributed by atoms with Crippen LogP contribution in [0, 0.1) is 0 Å². The van der Waals surface area contributed by atoms with Gasteiger partial charge in [-0.2, -0.15) is 5.10 Å². The summed E-state index contributed by atoms with van der Waals surface area (Å²) in [5.74, 6) is 1.36. The van der Waals surface area contributed by atoms with E-state index in [-0.39, 0.29) is 18.5 Å². The number of carbonyl (C=O) groups excluding carboxylic acids is 1. The Hall–Kier alpha value is -2.46. The van der Waals surface area contributed by atoms with Gasteiger partial charge in [-0.05, 0) is 12.8 Å². The molecule has 136 valence electrons. The molecule has 6 N–H and O–H groups in total. The Morgan fingerprint density at radius 2 is 2.20 bits per heavy atom. The van der Waals surface area contributed by atoms with Gasteiger partial charge in [0, 0.05) is 39.1 Å². The summed E-state index contributed by atoms with van der Waals surface area (Å²) in [6.07, 6.45) is 2.58. The lowest BCUT2D eigenvalue weighted by Crippen LogP contribution is -2.41. The number of nitrogens with zero attached hydrogens (tertiary/aromatic N) is 4. The zero-order valence-corrected chi connectivity index (χ0v) is 14.2. The van der Waals surface area contributed by atoms with E-state index in [1.165, 1.54) is 6.33 Å². The second kappa shape index (κ2) is 7.62. The van der Waals surface area contributed by atoms with Gasteiger partial charge in [-0.15, -0.1) is 0 Å². The third kappa shape index (κ3) is 3.97. The highest BCUT2D eigenvalue weighted by Crippen LogP contribution is 2.24. The summed E-state index contributed by atoms with van der Waals surface area (Å²) in [5.41, 5.74) is 6.77. The van der Waals surface area contributed by atoms with Crippen molar-refractivity contribution in [2.45, 2.75) is 31.9 Å². The van der Waals surface area contributed by atoms with Gasteiger partial charge in [-0.25, -0.2) is 9.97 Å². The molecule has 10 heteroatoms. The summed E-state index contributed by atoms with van der Waals surface area (Å²) in [5, 5.41) is 23.2. The molecule has 0 spiro atoms. The first-order valence-electron chi connectivity index (χ1n) is 8.41. The van der Waals surface area contributed by atoms with Gasteiger partial charge in [0.2, 0.25) is 5.91 Å². The molecule has 25 heavy (non-hydrogen) atoms. The van der Waals surface area contributed by atoms with Gasteiger partial charge in [-0.3, -0.25) is 9.89 Å². The van der Waals surface area contributed by atoms with Crippen LogP contribution in [0.3, 0.4) is 0 Å². The molecule has 0 saturated carbocycles. The molecule has 1 unspecified atom stereocenters. The third-order valence-electron chi connectivity index (χ3n) is 4.41. The molecular formula is C15H24N8O2. The molecule has 2 aromatic rings. The number of anilines is 2. The van der Waals surface area contributed by atoms with Crippen LogP contribution in [-0.4, -0.2) is 74.4 Å². The number of hydrogen-bond acceptors (Lipinski definition) is 8. The quantitative estimate of drug-likeness (QED) is 0.470. The zero-order chi connectivity index (χ0) is 17.8. The fourth-order valence-electron chi connectivity index (χ4n) is 2.90. The van der Waals surface area contributed by atoms with Crippen LogP contribution in [0.5, 0.6) is 0 Å². The Kier molecular flexibility index (Phi) is 5.29. The minimum atomic E-state index is -0.641. The standard InChI is InChI=1S/C15H24N8O2/c1-9(24)23-4-2-10(3-5-23)20-14-13-12(18-8-19-14)15(22-21-13)17-7-11(25)6-16/h8,10-11,25H,2-7,16H2,1H3,(H2,17,21,22)(H,18,19,20). The Labute approximate surface area is 145 Å². The molecule has 3 rings (SSSR count).